The van der Waals surface area contributed by atoms with E-state index in [9.17, 15) is 0 Å². The molecule has 49 heavy (non-hydrogen) atoms. The van der Waals surface area contributed by atoms with Gasteiger partial charge in [0.05, 0.1) is 0 Å². The van der Waals surface area contributed by atoms with Crippen molar-refractivity contribution in [1.82, 2.24) is 0 Å². The Morgan fingerprint density at radius 1 is 0.347 bits per heavy atom. The van der Waals surface area contributed by atoms with Gasteiger partial charge in [-0.05, 0) is 93.0 Å². The van der Waals surface area contributed by atoms with Crippen LogP contribution in [0.5, 0.6) is 0 Å². The first-order valence-electron chi connectivity index (χ1n) is 17.1. The maximum Gasteiger partial charge on any atom is 0.207 e. The number of furan rings is 1. The van der Waals surface area contributed by atoms with Gasteiger partial charge in [0.1, 0.15) is 0 Å². The fourth-order valence-corrected chi connectivity index (χ4v) is 8.18. The summed E-state index contributed by atoms with van der Waals surface area (Å²) in [6.45, 7) is 9.31. The molecule has 7 aromatic rings. The number of anilines is 6. The van der Waals surface area contributed by atoms with Crippen LogP contribution in [0.15, 0.2) is 162 Å². The van der Waals surface area contributed by atoms with E-state index in [1.165, 1.54) is 44.5 Å². The number of benzene rings is 6. The number of hydrogen-bond donors (Lipinski definition) is 0. The van der Waals surface area contributed by atoms with Gasteiger partial charge in [-0.25, -0.2) is 0 Å². The molecule has 2 aliphatic rings. The molecule has 6 aromatic carbocycles. The molecule has 0 radical (unpaired) electrons. The van der Waals surface area contributed by atoms with Crippen molar-refractivity contribution in [2.75, 3.05) is 9.80 Å². The highest BCUT2D eigenvalue weighted by molar-refractivity contribution is 5.87. The third-order valence-corrected chi connectivity index (χ3v) is 10.7. The van der Waals surface area contributed by atoms with E-state index >= 15 is 0 Å². The van der Waals surface area contributed by atoms with Gasteiger partial charge in [0.15, 0.2) is 0 Å². The van der Waals surface area contributed by atoms with Crippen molar-refractivity contribution in [1.29, 1.82) is 0 Å². The minimum absolute atomic E-state index is 0.107. The van der Waals surface area contributed by atoms with Crippen LogP contribution in [0.2, 0.25) is 0 Å². The van der Waals surface area contributed by atoms with E-state index in [0.717, 1.165) is 34.5 Å². The summed E-state index contributed by atoms with van der Waals surface area (Å²) in [6.07, 6.45) is 0. The summed E-state index contributed by atoms with van der Waals surface area (Å²) in [6, 6.07) is 56.5. The molecule has 3 nitrogen and oxygen atoms in total. The molecule has 0 atom stereocenters. The second kappa shape index (κ2) is 10.9. The monoisotopic (exact) mass is 634 g/mol. The number of hydrogen-bond acceptors (Lipinski definition) is 3. The summed E-state index contributed by atoms with van der Waals surface area (Å²) < 4.78 is 6.94. The molecule has 0 saturated carbocycles. The molecule has 0 unspecified atom stereocenters. The fourth-order valence-electron chi connectivity index (χ4n) is 8.18. The van der Waals surface area contributed by atoms with Gasteiger partial charge in [0.2, 0.25) is 11.8 Å². The van der Waals surface area contributed by atoms with E-state index in [2.05, 4.69) is 195 Å². The lowest BCUT2D eigenvalue weighted by molar-refractivity contribution is 0.579. The van der Waals surface area contributed by atoms with Gasteiger partial charge in [-0.3, -0.25) is 9.80 Å². The Kier molecular flexibility index (Phi) is 6.51. The van der Waals surface area contributed by atoms with Crippen molar-refractivity contribution in [3.8, 4) is 22.3 Å². The number of nitrogens with zero attached hydrogens (tertiary/aromatic N) is 2. The van der Waals surface area contributed by atoms with Crippen LogP contribution >= 0.6 is 0 Å². The van der Waals surface area contributed by atoms with Crippen molar-refractivity contribution in [2.24, 2.45) is 0 Å². The molecule has 9 rings (SSSR count). The van der Waals surface area contributed by atoms with Crippen LogP contribution in [0, 0.1) is 0 Å². The lowest BCUT2D eigenvalue weighted by atomic mass is 9.82. The van der Waals surface area contributed by atoms with E-state index in [-0.39, 0.29) is 10.8 Å². The first-order valence-corrected chi connectivity index (χ1v) is 17.1. The van der Waals surface area contributed by atoms with E-state index in [1.807, 2.05) is 0 Å². The van der Waals surface area contributed by atoms with Crippen LogP contribution in [0.3, 0.4) is 0 Å². The Morgan fingerprint density at radius 2 is 0.714 bits per heavy atom. The van der Waals surface area contributed by atoms with E-state index in [4.69, 9.17) is 4.42 Å². The van der Waals surface area contributed by atoms with Gasteiger partial charge in [-0.2, -0.15) is 0 Å². The zero-order chi connectivity index (χ0) is 33.3. The first kappa shape index (κ1) is 29.3. The molecule has 0 spiro atoms. The molecule has 0 amide bonds. The highest BCUT2D eigenvalue weighted by atomic mass is 16.4. The maximum atomic E-state index is 6.94. The second-order valence-electron chi connectivity index (χ2n) is 14.3. The molecule has 1 aromatic heterocycles. The summed E-state index contributed by atoms with van der Waals surface area (Å²) >= 11 is 0. The zero-order valence-electron chi connectivity index (χ0n) is 28.3. The quantitative estimate of drug-likeness (QED) is 0.181. The minimum atomic E-state index is -0.107. The first-order chi connectivity index (χ1) is 23.8. The van der Waals surface area contributed by atoms with Gasteiger partial charge in [0.25, 0.3) is 0 Å². The molecular weight excluding hydrogens is 597 g/mol. The zero-order valence-corrected chi connectivity index (χ0v) is 28.3. The Morgan fingerprint density at radius 3 is 1.14 bits per heavy atom. The molecular formula is C46H38N2O. The predicted molar refractivity (Wildman–Crippen MR) is 203 cm³/mol. The highest BCUT2D eigenvalue weighted by Gasteiger charge is 2.37. The minimum Gasteiger partial charge on any atom is -0.424 e. The number of rotatable bonds is 6. The van der Waals surface area contributed by atoms with E-state index in [1.54, 1.807) is 0 Å². The van der Waals surface area contributed by atoms with E-state index < -0.39 is 0 Å². The number of fused-ring (bicyclic) bond motifs is 6. The molecule has 0 bridgehead atoms. The Hall–Kier alpha value is -5.80. The normalized spacial score (nSPS) is 14.4. The summed E-state index contributed by atoms with van der Waals surface area (Å²) in [5.74, 6) is 1.51. The lowest BCUT2D eigenvalue weighted by Gasteiger charge is -2.27. The maximum absolute atomic E-state index is 6.94. The van der Waals surface area contributed by atoms with Crippen molar-refractivity contribution < 1.29 is 4.42 Å². The van der Waals surface area contributed by atoms with Crippen LogP contribution in [0.1, 0.15) is 49.9 Å². The predicted octanol–water partition coefficient (Wildman–Crippen LogP) is 12.8. The summed E-state index contributed by atoms with van der Waals surface area (Å²) in [4.78, 5) is 4.46. The van der Waals surface area contributed by atoms with E-state index in [0.29, 0.717) is 0 Å². The molecule has 1 heterocycles. The average Bonchev–Trinajstić information content (AvgIpc) is 3.76. The summed E-state index contributed by atoms with van der Waals surface area (Å²) in [5, 5.41) is 0. The SMILES string of the molecule is CC1(C)c2ccccc2-c2ccc(N(c3ccccc3)c3ccc(N(c4ccccc4)c4ccc5c(c4)C(C)(C)c4ccccc4-5)o3)cc21. The van der Waals surface area contributed by atoms with Gasteiger partial charge in [-0.1, -0.05) is 125 Å². The van der Waals surface area contributed by atoms with Gasteiger partial charge in [-0.15, -0.1) is 0 Å². The molecule has 3 heteroatoms. The molecule has 0 saturated heterocycles. The van der Waals surface area contributed by atoms with Gasteiger partial charge >= 0.3 is 0 Å². The van der Waals surface area contributed by atoms with Crippen LogP contribution in [-0.4, -0.2) is 0 Å². The number of para-hydroxylation sites is 2. The van der Waals surface area contributed by atoms with Crippen molar-refractivity contribution in [3.63, 3.8) is 0 Å². The van der Waals surface area contributed by atoms with Crippen molar-refractivity contribution >= 4 is 34.5 Å². The topological polar surface area (TPSA) is 19.6 Å². The molecule has 0 aliphatic heterocycles. The molecule has 238 valence electrons. The van der Waals surface area contributed by atoms with Crippen LogP contribution in [-0.2, 0) is 10.8 Å². The second-order valence-corrected chi connectivity index (χ2v) is 14.3. The smallest absolute Gasteiger partial charge is 0.207 e. The Bertz CT molecular complexity index is 2180. The summed E-state index contributed by atoms with van der Waals surface area (Å²) in [5.41, 5.74) is 14.6. The van der Waals surface area contributed by atoms with Crippen LogP contribution in [0.4, 0.5) is 34.5 Å². The lowest BCUT2D eigenvalue weighted by Crippen LogP contribution is -2.16. The fraction of sp³-hybridized carbons (Fsp3) is 0.130. The average molecular weight is 635 g/mol. The third kappa shape index (κ3) is 4.49. The Labute approximate surface area is 288 Å². The van der Waals surface area contributed by atoms with Crippen LogP contribution in [0.25, 0.3) is 22.3 Å². The summed E-state index contributed by atoms with van der Waals surface area (Å²) in [7, 11) is 0. The van der Waals surface area contributed by atoms with Crippen molar-refractivity contribution in [2.45, 2.75) is 38.5 Å². The Balaban J connectivity index is 1.17. The van der Waals surface area contributed by atoms with Gasteiger partial charge < -0.3 is 4.42 Å². The van der Waals surface area contributed by atoms with Crippen LogP contribution < -0.4 is 9.80 Å². The largest absolute Gasteiger partial charge is 0.424 e. The highest BCUT2D eigenvalue weighted by Crippen LogP contribution is 2.53. The van der Waals surface area contributed by atoms with Crippen molar-refractivity contribution in [3.05, 3.63) is 180 Å². The molecule has 0 N–H and O–H groups in total. The standard InChI is InChI=1S/C46H38N2O/c1-45(2)39-21-13-11-19-35(39)37-25-23-33(29-41(37)45)47(31-15-7-5-8-16-31)43-27-28-44(49-43)48(32-17-9-6-10-18-32)34-24-26-38-36-20-12-14-22-40(36)46(3,4)42(38)30-34/h5-30H,1-4H3. The molecule has 0 fully saturated rings. The van der Waals surface area contributed by atoms with Gasteiger partial charge in [0, 0.05) is 45.7 Å². The molecule has 2 aliphatic carbocycles. The third-order valence-electron chi connectivity index (χ3n) is 10.7.